The number of rotatable bonds is 5. The number of hydrogen-bond acceptors (Lipinski definition) is 4. The second-order valence-corrected chi connectivity index (χ2v) is 6.28. The first-order valence-electron chi connectivity index (χ1n) is 5.64. The van der Waals surface area contributed by atoms with E-state index in [1.807, 2.05) is 13.8 Å². The molecule has 0 bridgehead atoms. The summed E-state index contributed by atoms with van der Waals surface area (Å²) in [7, 11) is 1.49. The van der Waals surface area contributed by atoms with Crippen molar-refractivity contribution in [3.8, 4) is 0 Å². The number of carbonyl (C=O) groups excluding carboxylic acids is 1. The average Bonchev–Trinajstić information content (AvgIpc) is 2.34. The Balaban J connectivity index is 3.15. The fourth-order valence-electron chi connectivity index (χ4n) is 1.48. The quantitative estimate of drug-likeness (QED) is 0.618. The zero-order valence-electron chi connectivity index (χ0n) is 10.3. The van der Waals surface area contributed by atoms with Crippen LogP contribution in [0.4, 0.5) is 0 Å². The van der Waals surface area contributed by atoms with Crippen LogP contribution in [-0.2, 0) is 20.2 Å². The van der Waals surface area contributed by atoms with Crippen molar-refractivity contribution in [1.82, 2.24) is 0 Å². The van der Waals surface area contributed by atoms with E-state index < -0.39 is 15.0 Å². The lowest BCUT2D eigenvalue weighted by atomic mass is 10.1. The molecule has 0 saturated heterocycles. The van der Waals surface area contributed by atoms with Crippen LogP contribution in [0.3, 0.4) is 0 Å². The van der Waals surface area contributed by atoms with Crippen molar-refractivity contribution >= 4 is 25.7 Å². The van der Waals surface area contributed by atoms with E-state index in [4.69, 9.17) is 15.4 Å². The number of ether oxygens (including phenoxy) is 1. The smallest absolute Gasteiger partial charge is 0.338 e. The van der Waals surface area contributed by atoms with Crippen molar-refractivity contribution in [1.29, 1.82) is 0 Å². The lowest BCUT2D eigenvalue weighted by Gasteiger charge is -2.08. The summed E-state index contributed by atoms with van der Waals surface area (Å²) in [6.45, 7) is 4.00. The SMILES string of the molecule is CCCOC(=O)c1ccc(CC)c(S(=O)(=O)Cl)c1. The highest BCUT2D eigenvalue weighted by atomic mass is 35.7. The molecule has 0 fully saturated rings. The van der Waals surface area contributed by atoms with Gasteiger partial charge in [-0.25, -0.2) is 13.2 Å². The van der Waals surface area contributed by atoms with E-state index in [0.717, 1.165) is 0 Å². The van der Waals surface area contributed by atoms with Gasteiger partial charge < -0.3 is 4.74 Å². The molecule has 0 radical (unpaired) electrons. The maximum absolute atomic E-state index is 11.6. The molecule has 18 heavy (non-hydrogen) atoms. The van der Waals surface area contributed by atoms with E-state index in [-0.39, 0.29) is 10.5 Å². The lowest BCUT2D eigenvalue weighted by Crippen LogP contribution is -2.08. The minimum absolute atomic E-state index is 0.0300. The van der Waals surface area contributed by atoms with E-state index in [2.05, 4.69) is 0 Å². The molecule has 1 rings (SSSR count). The van der Waals surface area contributed by atoms with Gasteiger partial charge in [0, 0.05) is 10.7 Å². The Kier molecular flexibility index (Phi) is 5.16. The van der Waals surface area contributed by atoms with Gasteiger partial charge in [-0.05, 0) is 30.5 Å². The van der Waals surface area contributed by atoms with E-state index >= 15 is 0 Å². The summed E-state index contributed by atoms with van der Waals surface area (Å²) in [4.78, 5) is 11.6. The summed E-state index contributed by atoms with van der Waals surface area (Å²) in [5, 5.41) is 0. The zero-order valence-corrected chi connectivity index (χ0v) is 11.8. The molecular weight excluding hydrogens is 276 g/mol. The van der Waals surface area contributed by atoms with Crippen LogP contribution >= 0.6 is 10.7 Å². The van der Waals surface area contributed by atoms with E-state index in [9.17, 15) is 13.2 Å². The van der Waals surface area contributed by atoms with Gasteiger partial charge in [-0.3, -0.25) is 0 Å². The summed E-state index contributed by atoms with van der Waals surface area (Å²) >= 11 is 0. The van der Waals surface area contributed by atoms with E-state index in [1.54, 1.807) is 12.1 Å². The second kappa shape index (κ2) is 6.20. The van der Waals surface area contributed by atoms with Crippen LogP contribution in [0, 0.1) is 0 Å². The van der Waals surface area contributed by atoms with Gasteiger partial charge in [0.1, 0.15) is 0 Å². The number of halogens is 1. The Morgan fingerprint density at radius 3 is 2.50 bits per heavy atom. The molecule has 0 aliphatic rings. The Labute approximate surface area is 111 Å². The standard InChI is InChI=1S/C12H15ClO4S/c1-3-7-17-12(14)10-6-5-9(4-2)11(8-10)18(13,15)16/h5-6,8H,3-4,7H2,1-2H3. The van der Waals surface area contributed by atoms with Crippen molar-refractivity contribution in [2.75, 3.05) is 6.61 Å². The van der Waals surface area contributed by atoms with Gasteiger partial charge in [-0.1, -0.05) is 19.9 Å². The van der Waals surface area contributed by atoms with Crippen LogP contribution in [0.1, 0.15) is 36.2 Å². The predicted molar refractivity (Wildman–Crippen MR) is 69.4 cm³/mol. The van der Waals surface area contributed by atoms with Crippen molar-refractivity contribution in [2.24, 2.45) is 0 Å². The molecule has 0 heterocycles. The molecular formula is C12H15ClO4S. The van der Waals surface area contributed by atoms with Crippen LogP contribution in [0.2, 0.25) is 0 Å². The highest BCUT2D eigenvalue weighted by Crippen LogP contribution is 2.22. The van der Waals surface area contributed by atoms with Gasteiger partial charge in [-0.2, -0.15) is 0 Å². The predicted octanol–water partition coefficient (Wildman–Crippen LogP) is 2.74. The Morgan fingerprint density at radius 1 is 1.33 bits per heavy atom. The molecule has 100 valence electrons. The van der Waals surface area contributed by atoms with E-state index in [0.29, 0.717) is 25.0 Å². The average molecular weight is 291 g/mol. The molecule has 1 aromatic carbocycles. The van der Waals surface area contributed by atoms with Crippen LogP contribution < -0.4 is 0 Å². The third-order valence-corrected chi connectivity index (χ3v) is 3.79. The Hall–Kier alpha value is -1.07. The van der Waals surface area contributed by atoms with Gasteiger partial charge in [0.05, 0.1) is 17.1 Å². The summed E-state index contributed by atoms with van der Waals surface area (Å²) in [5.41, 5.74) is 0.775. The Bertz CT molecular complexity index is 537. The first-order valence-corrected chi connectivity index (χ1v) is 7.95. The lowest BCUT2D eigenvalue weighted by molar-refractivity contribution is 0.0505. The molecule has 0 N–H and O–H groups in total. The second-order valence-electron chi connectivity index (χ2n) is 3.75. The molecule has 0 unspecified atom stereocenters. The van der Waals surface area contributed by atoms with Gasteiger partial charge in [-0.15, -0.1) is 0 Å². The summed E-state index contributed by atoms with van der Waals surface area (Å²) in [6, 6.07) is 4.39. The zero-order chi connectivity index (χ0) is 13.8. The van der Waals surface area contributed by atoms with Crippen LogP contribution in [-0.4, -0.2) is 21.0 Å². The summed E-state index contributed by atoms with van der Waals surface area (Å²) < 4.78 is 27.8. The number of esters is 1. The maximum Gasteiger partial charge on any atom is 0.338 e. The van der Waals surface area contributed by atoms with Crippen molar-refractivity contribution in [3.05, 3.63) is 29.3 Å². The third kappa shape index (κ3) is 3.71. The van der Waals surface area contributed by atoms with Crippen LogP contribution in [0.25, 0.3) is 0 Å². The van der Waals surface area contributed by atoms with Gasteiger partial charge in [0.15, 0.2) is 0 Å². The van der Waals surface area contributed by atoms with Crippen molar-refractivity contribution < 1.29 is 17.9 Å². The maximum atomic E-state index is 11.6. The number of hydrogen-bond donors (Lipinski definition) is 0. The highest BCUT2D eigenvalue weighted by Gasteiger charge is 2.18. The fourth-order valence-corrected chi connectivity index (χ4v) is 2.70. The fraction of sp³-hybridized carbons (Fsp3) is 0.417. The molecule has 0 aliphatic heterocycles. The molecule has 0 atom stereocenters. The van der Waals surface area contributed by atoms with Gasteiger partial charge in [0.25, 0.3) is 9.05 Å². The number of aryl methyl sites for hydroxylation is 1. The molecule has 4 nitrogen and oxygen atoms in total. The van der Waals surface area contributed by atoms with E-state index in [1.165, 1.54) is 6.07 Å². The minimum Gasteiger partial charge on any atom is -0.462 e. The van der Waals surface area contributed by atoms with Gasteiger partial charge in [0.2, 0.25) is 0 Å². The molecule has 0 spiro atoms. The summed E-state index contributed by atoms with van der Waals surface area (Å²) in [6.07, 6.45) is 1.23. The molecule has 0 saturated carbocycles. The third-order valence-electron chi connectivity index (χ3n) is 2.38. The Morgan fingerprint density at radius 2 is 2.00 bits per heavy atom. The topological polar surface area (TPSA) is 60.4 Å². The molecule has 0 aliphatic carbocycles. The first kappa shape index (κ1) is 15.0. The molecule has 0 amide bonds. The summed E-state index contributed by atoms with van der Waals surface area (Å²) in [5.74, 6) is -0.541. The minimum atomic E-state index is -3.86. The molecule has 6 heteroatoms. The number of benzene rings is 1. The van der Waals surface area contributed by atoms with Crippen LogP contribution in [0.15, 0.2) is 23.1 Å². The largest absolute Gasteiger partial charge is 0.462 e. The van der Waals surface area contributed by atoms with Gasteiger partial charge >= 0.3 is 5.97 Å². The first-order chi connectivity index (χ1) is 8.40. The van der Waals surface area contributed by atoms with Crippen LogP contribution in [0.5, 0.6) is 0 Å². The van der Waals surface area contributed by atoms with Crippen molar-refractivity contribution in [3.63, 3.8) is 0 Å². The number of carbonyl (C=O) groups is 1. The monoisotopic (exact) mass is 290 g/mol. The molecule has 1 aromatic rings. The normalized spacial score (nSPS) is 11.3. The highest BCUT2D eigenvalue weighted by molar-refractivity contribution is 8.13. The van der Waals surface area contributed by atoms with Crippen molar-refractivity contribution in [2.45, 2.75) is 31.6 Å². The molecule has 0 aromatic heterocycles.